The smallest absolute Gasteiger partial charge is 0.122 e. The molecular formula is C19H29NO2. The van der Waals surface area contributed by atoms with E-state index in [4.69, 9.17) is 4.74 Å². The molecule has 2 rings (SSSR count). The molecule has 3 atom stereocenters. The van der Waals surface area contributed by atoms with Crippen molar-refractivity contribution in [1.29, 1.82) is 0 Å². The van der Waals surface area contributed by atoms with E-state index in [0.29, 0.717) is 25.2 Å². The molecule has 3 heteroatoms. The number of para-hydroxylation sites is 1. The highest BCUT2D eigenvalue weighted by atomic mass is 16.5. The van der Waals surface area contributed by atoms with Crippen LogP contribution < -0.4 is 4.74 Å². The summed E-state index contributed by atoms with van der Waals surface area (Å²) in [4.78, 5) is 2.41. The highest BCUT2D eigenvalue weighted by molar-refractivity contribution is 5.34. The zero-order valence-electron chi connectivity index (χ0n) is 13.9. The third-order valence-corrected chi connectivity index (χ3v) is 4.57. The molecule has 0 aromatic heterocycles. The number of hydrogen-bond acceptors (Lipinski definition) is 3. The number of rotatable bonds is 7. The maximum atomic E-state index is 10.3. The molecule has 1 heterocycles. The van der Waals surface area contributed by atoms with Crippen LogP contribution in [0.3, 0.4) is 0 Å². The molecule has 0 saturated carbocycles. The van der Waals surface area contributed by atoms with E-state index in [9.17, 15) is 5.11 Å². The first kappa shape index (κ1) is 17.0. The fourth-order valence-electron chi connectivity index (χ4n) is 3.29. The predicted octanol–water partition coefficient (Wildman–Crippen LogP) is 3.42. The third-order valence-electron chi connectivity index (χ3n) is 4.57. The first-order valence-corrected chi connectivity index (χ1v) is 8.37. The summed E-state index contributed by atoms with van der Waals surface area (Å²) in [6.07, 6.45) is 5.93. The van der Waals surface area contributed by atoms with Gasteiger partial charge < -0.3 is 9.84 Å². The van der Waals surface area contributed by atoms with Crippen LogP contribution in [0.5, 0.6) is 5.75 Å². The summed E-state index contributed by atoms with van der Waals surface area (Å²) in [5, 5.41) is 10.3. The molecule has 0 aliphatic carbocycles. The number of β-amino-alcohol motifs (C(OH)–C–C–N with tert-alkyl or cyclic N) is 1. The van der Waals surface area contributed by atoms with Crippen LogP contribution in [-0.2, 0) is 6.42 Å². The van der Waals surface area contributed by atoms with Crippen LogP contribution in [0.25, 0.3) is 0 Å². The van der Waals surface area contributed by atoms with Crippen molar-refractivity contribution in [2.24, 2.45) is 0 Å². The van der Waals surface area contributed by atoms with E-state index >= 15 is 0 Å². The zero-order valence-corrected chi connectivity index (χ0v) is 13.9. The van der Waals surface area contributed by atoms with Crippen LogP contribution >= 0.6 is 0 Å². The zero-order chi connectivity index (χ0) is 15.9. The van der Waals surface area contributed by atoms with Crippen molar-refractivity contribution in [3.8, 4) is 5.75 Å². The van der Waals surface area contributed by atoms with Gasteiger partial charge in [0.15, 0.2) is 0 Å². The summed E-state index contributed by atoms with van der Waals surface area (Å²) in [6, 6.07) is 9.05. The maximum absolute atomic E-state index is 10.3. The van der Waals surface area contributed by atoms with E-state index in [1.165, 1.54) is 19.3 Å². The van der Waals surface area contributed by atoms with Gasteiger partial charge in [-0.1, -0.05) is 30.7 Å². The van der Waals surface area contributed by atoms with E-state index in [1.807, 2.05) is 30.3 Å². The number of nitrogens with zero attached hydrogens (tertiary/aromatic N) is 1. The molecule has 1 aliphatic heterocycles. The Labute approximate surface area is 134 Å². The summed E-state index contributed by atoms with van der Waals surface area (Å²) >= 11 is 0. The second-order valence-electron chi connectivity index (χ2n) is 6.39. The van der Waals surface area contributed by atoms with E-state index in [0.717, 1.165) is 17.7 Å². The number of likely N-dealkylation sites (tertiary alicyclic amines) is 1. The first-order chi connectivity index (χ1) is 10.6. The molecule has 3 unspecified atom stereocenters. The van der Waals surface area contributed by atoms with Gasteiger partial charge in [0, 0.05) is 18.6 Å². The van der Waals surface area contributed by atoms with Gasteiger partial charge in [0.1, 0.15) is 18.5 Å². The van der Waals surface area contributed by atoms with Crippen LogP contribution in [0.4, 0.5) is 0 Å². The lowest BCUT2D eigenvalue weighted by molar-refractivity contribution is 0.0207. The Morgan fingerprint density at radius 2 is 2.00 bits per heavy atom. The molecule has 1 aromatic rings. The van der Waals surface area contributed by atoms with Crippen molar-refractivity contribution in [2.45, 2.75) is 57.7 Å². The van der Waals surface area contributed by atoms with Crippen molar-refractivity contribution in [3.05, 3.63) is 42.5 Å². The topological polar surface area (TPSA) is 32.7 Å². The lowest BCUT2D eigenvalue weighted by atomic mass is 9.97. The van der Waals surface area contributed by atoms with Gasteiger partial charge in [0.2, 0.25) is 0 Å². The predicted molar refractivity (Wildman–Crippen MR) is 91.3 cm³/mol. The Hall–Kier alpha value is -1.32. The van der Waals surface area contributed by atoms with Crippen molar-refractivity contribution in [3.63, 3.8) is 0 Å². The number of aliphatic hydroxyl groups is 1. The van der Waals surface area contributed by atoms with Crippen molar-refractivity contribution in [1.82, 2.24) is 4.90 Å². The Morgan fingerprint density at radius 3 is 2.68 bits per heavy atom. The minimum Gasteiger partial charge on any atom is -0.491 e. The summed E-state index contributed by atoms with van der Waals surface area (Å²) in [5.41, 5.74) is 1.12. The quantitative estimate of drug-likeness (QED) is 0.784. The van der Waals surface area contributed by atoms with Gasteiger partial charge in [0.25, 0.3) is 0 Å². The number of ether oxygens (including phenoxy) is 1. The van der Waals surface area contributed by atoms with Gasteiger partial charge in [0.05, 0.1) is 0 Å². The van der Waals surface area contributed by atoms with Gasteiger partial charge in [-0.25, -0.2) is 0 Å². The van der Waals surface area contributed by atoms with Gasteiger partial charge >= 0.3 is 0 Å². The molecule has 1 fully saturated rings. The third kappa shape index (κ3) is 4.59. The monoisotopic (exact) mass is 303 g/mol. The van der Waals surface area contributed by atoms with Crippen LogP contribution in [0.2, 0.25) is 0 Å². The lowest BCUT2D eigenvalue weighted by Crippen LogP contribution is -2.48. The normalized spacial score (nSPS) is 24.0. The van der Waals surface area contributed by atoms with Gasteiger partial charge in [-0.05, 0) is 44.7 Å². The van der Waals surface area contributed by atoms with Crippen LogP contribution in [0, 0.1) is 0 Å². The lowest BCUT2D eigenvalue weighted by Gasteiger charge is -2.40. The first-order valence-electron chi connectivity index (χ1n) is 8.37. The molecule has 3 nitrogen and oxygen atoms in total. The summed E-state index contributed by atoms with van der Waals surface area (Å²) < 4.78 is 5.84. The Balaban J connectivity index is 1.87. The van der Waals surface area contributed by atoms with Gasteiger partial charge in [-0.15, -0.1) is 6.58 Å². The fraction of sp³-hybridized carbons (Fsp3) is 0.579. The van der Waals surface area contributed by atoms with E-state index in [-0.39, 0.29) is 0 Å². The average molecular weight is 303 g/mol. The minimum absolute atomic E-state index is 0.337. The SMILES string of the molecule is C=CCc1ccccc1OCC(O)CN1C(C)CCCC1C. The fourth-order valence-corrected chi connectivity index (χ4v) is 3.29. The van der Waals surface area contributed by atoms with Crippen LogP contribution in [-0.4, -0.2) is 41.3 Å². The molecule has 0 radical (unpaired) electrons. The van der Waals surface area contributed by atoms with Crippen LogP contribution in [0.1, 0.15) is 38.7 Å². The second kappa shape index (κ2) is 8.35. The Morgan fingerprint density at radius 1 is 1.32 bits per heavy atom. The standard InChI is InChI=1S/C19H29NO2/c1-4-8-17-11-5-6-12-19(17)22-14-18(21)13-20-15(2)9-7-10-16(20)3/h4-6,11-12,15-16,18,21H,1,7-10,13-14H2,2-3H3. The molecular weight excluding hydrogens is 274 g/mol. The highest BCUT2D eigenvalue weighted by Gasteiger charge is 2.26. The highest BCUT2D eigenvalue weighted by Crippen LogP contribution is 2.23. The number of aliphatic hydroxyl groups excluding tert-OH is 1. The molecule has 1 aromatic carbocycles. The molecule has 22 heavy (non-hydrogen) atoms. The molecule has 1 N–H and O–H groups in total. The summed E-state index contributed by atoms with van der Waals surface area (Å²) in [5.74, 6) is 0.848. The maximum Gasteiger partial charge on any atom is 0.122 e. The van der Waals surface area contributed by atoms with Crippen molar-refractivity contribution >= 4 is 0 Å². The van der Waals surface area contributed by atoms with Gasteiger partial charge in [-0.3, -0.25) is 4.90 Å². The second-order valence-corrected chi connectivity index (χ2v) is 6.39. The number of benzene rings is 1. The average Bonchev–Trinajstić information content (AvgIpc) is 2.50. The minimum atomic E-state index is -0.459. The van der Waals surface area contributed by atoms with E-state index < -0.39 is 6.10 Å². The molecule has 122 valence electrons. The molecule has 1 aliphatic rings. The Bertz CT molecular complexity index is 464. The molecule has 0 bridgehead atoms. The van der Waals surface area contributed by atoms with Gasteiger partial charge in [-0.2, -0.15) is 0 Å². The molecule has 0 amide bonds. The number of hydrogen-bond donors (Lipinski definition) is 1. The summed E-state index contributed by atoms with van der Waals surface area (Å²) in [6.45, 7) is 9.30. The Kier molecular flexibility index (Phi) is 6.47. The van der Waals surface area contributed by atoms with Crippen molar-refractivity contribution < 1.29 is 9.84 Å². The van der Waals surface area contributed by atoms with Crippen molar-refractivity contribution in [2.75, 3.05) is 13.2 Å². The molecule has 1 saturated heterocycles. The largest absolute Gasteiger partial charge is 0.491 e. The number of allylic oxidation sites excluding steroid dienone is 1. The molecule has 0 spiro atoms. The number of piperidine rings is 1. The van der Waals surface area contributed by atoms with E-state index in [1.54, 1.807) is 0 Å². The van der Waals surface area contributed by atoms with Crippen LogP contribution in [0.15, 0.2) is 36.9 Å². The van der Waals surface area contributed by atoms with E-state index in [2.05, 4.69) is 25.3 Å². The summed E-state index contributed by atoms with van der Waals surface area (Å²) in [7, 11) is 0.